The van der Waals surface area contributed by atoms with E-state index in [1.807, 2.05) is 0 Å². The molecule has 0 bridgehead atoms. The fourth-order valence-corrected chi connectivity index (χ4v) is 7.48. The predicted molar refractivity (Wildman–Crippen MR) is 242 cm³/mol. The normalized spacial score (nSPS) is 20.6. The van der Waals surface area contributed by atoms with Gasteiger partial charge in [-0.1, -0.05) is 147 Å². The number of rotatable bonds is 5. The molecular weight excluding hydrogens is 707 g/mol. The lowest BCUT2D eigenvalue weighted by Crippen LogP contribution is -2.16. The molecule has 11 aromatic rings. The van der Waals surface area contributed by atoms with Crippen molar-refractivity contribution < 1.29 is 51.3 Å². The van der Waals surface area contributed by atoms with Crippen molar-refractivity contribution in [2.75, 3.05) is 4.90 Å². The highest BCUT2D eigenvalue weighted by atomic mass is 16.3. The van der Waals surface area contributed by atoms with Crippen LogP contribution in [0.25, 0.3) is 88.0 Å². The number of nitrogens with zero attached hydrogens (tertiary/aromatic N) is 1. The summed E-state index contributed by atoms with van der Waals surface area (Å²) < 4.78 is 298. The molecule has 1 aliphatic rings. The summed E-state index contributed by atoms with van der Waals surface area (Å²) in [7, 11) is 0. The van der Waals surface area contributed by atoms with Crippen molar-refractivity contribution in [1.82, 2.24) is 0 Å². The minimum Gasteiger partial charge on any atom is -0.456 e. The average Bonchev–Trinajstić information content (AvgIpc) is 1.64. The van der Waals surface area contributed by atoms with Crippen molar-refractivity contribution in [3.8, 4) is 33.4 Å². The molecule has 2 heterocycles. The van der Waals surface area contributed by atoms with Crippen molar-refractivity contribution in [3.05, 3.63) is 198 Å². The Kier molecular flexibility index (Phi) is 3.09. The van der Waals surface area contributed by atoms with Crippen LogP contribution in [0.4, 0.5) is 17.1 Å². The van der Waals surface area contributed by atoms with Crippen molar-refractivity contribution in [2.24, 2.45) is 0 Å². The fourth-order valence-electron chi connectivity index (χ4n) is 7.48. The minimum atomic E-state index is -1.75. The highest BCUT2D eigenvalue weighted by Gasteiger charge is 2.38. The van der Waals surface area contributed by atoms with Crippen LogP contribution < -0.4 is 4.90 Å². The maximum absolute atomic E-state index is 10.3. The van der Waals surface area contributed by atoms with E-state index < -0.39 is 298 Å². The topological polar surface area (TPSA) is 29.5 Å². The Bertz CT molecular complexity index is 5220. The van der Waals surface area contributed by atoms with Crippen LogP contribution in [0.3, 0.4) is 0 Å². The van der Waals surface area contributed by atoms with Crippen LogP contribution in [0.1, 0.15) is 67.5 Å². The number of hydrogen-bond donors (Lipinski definition) is 0. The number of fused-ring (bicyclic) bond motifs is 10. The first kappa shape index (κ1) is 14.5. The fraction of sp³-hybridized carbons (Fsp3) is 0.0545. The summed E-state index contributed by atoms with van der Waals surface area (Å²) in [6.45, 7) is 2.85. The van der Waals surface area contributed by atoms with Gasteiger partial charge in [-0.25, -0.2) is 0 Å². The second-order valence-corrected chi connectivity index (χ2v) is 13.7. The Labute approximate surface area is 379 Å². The minimum absolute atomic E-state index is 0.224. The Morgan fingerprint density at radius 2 is 1.09 bits per heavy atom. The number of para-hydroxylation sites is 2. The summed E-state index contributed by atoms with van der Waals surface area (Å²) in [5, 5.41) is -3.68. The lowest BCUT2D eigenvalue weighted by Gasteiger charge is -2.30. The van der Waals surface area contributed by atoms with E-state index in [0.29, 0.717) is 4.90 Å². The van der Waals surface area contributed by atoms with E-state index in [0.717, 1.165) is 0 Å². The predicted octanol–water partition coefficient (Wildman–Crippen LogP) is 15.7. The standard InChI is InChI=1S/C55H37NO2/c1-55(2)45-20-8-5-17-43(45)52-46(55)21-12-22-47(52)56(37-28-25-34(26-29-37)36-27-30-41-40-16-6-9-23-49(40)57-51(41)33-36)48-32-31-42(39-19-11-14-35-13-3-4-15-38(35)39)54-53(48)44-18-7-10-24-50(44)58-54/h3-33H,1-2H3/i3D,4D,5D,6D,7D,8D,9D,10D,11D,12D,13D,14D,15D,16D,17D,18D,19D,20D,21D,22D,23D,24D,25D,26D,27D,28D,29D,30D,31D,32D,33D. The zero-order valence-corrected chi connectivity index (χ0v) is 29.8. The van der Waals surface area contributed by atoms with Crippen LogP contribution in [0.2, 0.25) is 0 Å². The molecule has 0 amide bonds. The molecule has 2 aromatic heterocycles. The molecule has 0 aliphatic heterocycles. The van der Waals surface area contributed by atoms with Gasteiger partial charge in [-0.3, -0.25) is 0 Å². The molecule has 3 heteroatoms. The van der Waals surface area contributed by atoms with Crippen LogP contribution in [-0.2, 0) is 5.41 Å². The Morgan fingerprint density at radius 1 is 0.448 bits per heavy atom. The maximum atomic E-state index is 10.3. The van der Waals surface area contributed by atoms with Crippen LogP contribution in [-0.4, -0.2) is 0 Å². The van der Waals surface area contributed by atoms with Gasteiger partial charge in [0.1, 0.15) is 22.3 Å². The maximum Gasteiger partial charge on any atom is 0.145 e. The summed E-state index contributed by atoms with van der Waals surface area (Å²) in [5.74, 6) is 0. The third kappa shape index (κ3) is 4.74. The van der Waals surface area contributed by atoms with Gasteiger partial charge < -0.3 is 13.7 Å². The third-order valence-corrected chi connectivity index (χ3v) is 10.1. The zero-order valence-electron chi connectivity index (χ0n) is 60.8. The summed E-state index contributed by atoms with van der Waals surface area (Å²) in [5.41, 5.74) is -12.4. The first-order valence-electron chi connectivity index (χ1n) is 33.0. The molecule has 0 saturated carbocycles. The van der Waals surface area contributed by atoms with Gasteiger partial charge in [0.2, 0.25) is 0 Å². The van der Waals surface area contributed by atoms with Crippen LogP contribution in [0, 0.1) is 0 Å². The van der Waals surface area contributed by atoms with Gasteiger partial charge in [0.25, 0.3) is 0 Å². The van der Waals surface area contributed by atoms with E-state index >= 15 is 0 Å². The first-order chi connectivity index (χ1) is 41.4. The molecule has 0 radical (unpaired) electrons. The second kappa shape index (κ2) is 12.3. The van der Waals surface area contributed by atoms with Crippen LogP contribution in [0.15, 0.2) is 196 Å². The van der Waals surface area contributed by atoms with E-state index in [1.165, 1.54) is 13.8 Å². The Hall–Kier alpha value is -7.36. The number of furan rings is 2. The molecule has 1 aliphatic carbocycles. The number of benzene rings is 9. The van der Waals surface area contributed by atoms with Gasteiger partial charge in [-0.2, -0.15) is 0 Å². The summed E-state index contributed by atoms with van der Waals surface area (Å²) in [6.07, 6.45) is 0. The van der Waals surface area contributed by atoms with E-state index in [9.17, 15) is 21.9 Å². The number of hydrogen-bond acceptors (Lipinski definition) is 3. The smallest absolute Gasteiger partial charge is 0.145 e. The van der Waals surface area contributed by atoms with Crippen molar-refractivity contribution in [2.45, 2.75) is 19.3 Å². The number of anilines is 3. The molecule has 0 fully saturated rings. The highest BCUT2D eigenvalue weighted by Crippen LogP contribution is 2.55. The molecule has 0 N–H and O–H groups in total. The molecule has 274 valence electrons. The van der Waals surface area contributed by atoms with Crippen LogP contribution in [0.5, 0.6) is 0 Å². The lowest BCUT2D eigenvalue weighted by molar-refractivity contribution is 0.660. The van der Waals surface area contributed by atoms with Gasteiger partial charge in [-0.15, -0.1) is 0 Å². The zero-order chi connectivity index (χ0) is 65.5. The average molecular weight is 775 g/mol. The van der Waals surface area contributed by atoms with E-state index in [-0.39, 0.29) is 11.1 Å². The molecule has 3 nitrogen and oxygen atoms in total. The molecule has 9 aromatic carbocycles. The van der Waals surface area contributed by atoms with E-state index in [1.54, 1.807) is 0 Å². The van der Waals surface area contributed by atoms with Crippen LogP contribution >= 0.6 is 0 Å². The van der Waals surface area contributed by atoms with Gasteiger partial charge in [-0.05, 0) is 98.5 Å². The van der Waals surface area contributed by atoms with Gasteiger partial charge in [0, 0.05) is 38.4 Å². The molecule has 0 spiro atoms. The van der Waals surface area contributed by atoms with E-state index in [4.69, 9.17) is 29.4 Å². The van der Waals surface area contributed by atoms with Gasteiger partial charge in [0.15, 0.2) is 0 Å². The highest BCUT2D eigenvalue weighted by molar-refractivity contribution is 6.19. The Morgan fingerprint density at radius 3 is 1.95 bits per heavy atom. The monoisotopic (exact) mass is 774 g/mol. The van der Waals surface area contributed by atoms with Crippen molar-refractivity contribution in [3.63, 3.8) is 0 Å². The summed E-state index contributed by atoms with van der Waals surface area (Å²) in [4.78, 5) is 0.580. The summed E-state index contributed by atoms with van der Waals surface area (Å²) in [6, 6.07) is -29.3. The second-order valence-electron chi connectivity index (χ2n) is 13.7. The first-order valence-corrected chi connectivity index (χ1v) is 17.5. The molecule has 0 atom stereocenters. The molecule has 0 unspecified atom stereocenters. The SMILES string of the molecule is [2H]c1c([2H])c([2H])c2c(c1[2H])-c1c(N(c3c([2H])c([2H])c(-c4c([2H])c([2H])c5c(oc6c([2H])c([2H])c([2H])c([2H])c65)c4[2H])c([2H])c3[2H])c3c([2H])c([2H])c(-c4c([2H])c([2H])c([2H])c5c([2H])c([2H])c([2H])c([2H])c45)c4oc5c([2H])c([2H])c([2H])c([2H])c5c34)c([2H])c([2H])c([2H])c1C2(C)C. The Balaban J connectivity index is 1.34. The quantitative estimate of drug-likeness (QED) is 0.174. The lowest BCUT2D eigenvalue weighted by atomic mass is 9.82. The molecule has 12 rings (SSSR count). The molecule has 58 heavy (non-hydrogen) atoms. The van der Waals surface area contributed by atoms with E-state index in [2.05, 4.69) is 0 Å². The van der Waals surface area contributed by atoms with Gasteiger partial charge in [0.05, 0.1) is 59.3 Å². The van der Waals surface area contributed by atoms with Gasteiger partial charge >= 0.3 is 0 Å². The molecular formula is C55H37NO2. The molecule has 0 saturated heterocycles. The largest absolute Gasteiger partial charge is 0.456 e. The third-order valence-electron chi connectivity index (χ3n) is 10.1. The van der Waals surface area contributed by atoms with Crippen molar-refractivity contribution in [1.29, 1.82) is 0 Å². The summed E-state index contributed by atoms with van der Waals surface area (Å²) >= 11 is 0. The van der Waals surface area contributed by atoms with Crippen molar-refractivity contribution >= 4 is 71.7 Å².